The number of benzene rings is 1. The third-order valence-corrected chi connectivity index (χ3v) is 9.28. The predicted molar refractivity (Wildman–Crippen MR) is 118 cm³/mol. The van der Waals surface area contributed by atoms with E-state index < -0.39 is 15.9 Å². The zero-order chi connectivity index (χ0) is 21.2. The van der Waals surface area contributed by atoms with E-state index in [1.807, 2.05) is 0 Å². The van der Waals surface area contributed by atoms with Crippen LogP contribution >= 0.6 is 27.3 Å². The van der Waals surface area contributed by atoms with Crippen molar-refractivity contribution in [3.63, 3.8) is 0 Å². The highest BCUT2D eigenvalue weighted by atomic mass is 79.9. The fourth-order valence-corrected chi connectivity index (χ4v) is 7.14. The molecule has 1 amide bonds. The topological polar surface area (TPSA) is 90.3 Å². The molecule has 0 bridgehead atoms. The summed E-state index contributed by atoms with van der Waals surface area (Å²) in [6.07, 6.45) is 3.92. The van der Waals surface area contributed by atoms with Gasteiger partial charge in [-0.1, -0.05) is 13.8 Å². The van der Waals surface area contributed by atoms with Crippen LogP contribution in [0.2, 0.25) is 0 Å². The summed E-state index contributed by atoms with van der Waals surface area (Å²) >= 11 is 4.74. The molecule has 3 rings (SSSR count). The molecule has 154 valence electrons. The molecule has 6 nitrogen and oxygen atoms in total. The van der Waals surface area contributed by atoms with Crippen molar-refractivity contribution in [2.75, 3.05) is 18.4 Å². The van der Waals surface area contributed by atoms with Crippen LogP contribution in [0.3, 0.4) is 0 Å². The van der Waals surface area contributed by atoms with Crippen LogP contribution in [0.4, 0.5) is 5.00 Å². The molecule has 1 heterocycles. The van der Waals surface area contributed by atoms with Crippen LogP contribution in [0.15, 0.2) is 27.6 Å². The summed E-state index contributed by atoms with van der Waals surface area (Å²) in [5.74, 6) is -0.427. The summed E-state index contributed by atoms with van der Waals surface area (Å²) in [5.41, 5.74) is 1.81. The Hall–Kier alpha value is -1.73. The molecule has 2 aromatic rings. The molecule has 0 saturated heterocycles. The van der Waals surface area contributed by atoms with Gasteiger partial charge in [-0.05, 0) is 65.4 Å². The van der Waals surface area contributed by atoms with E-state index in [0.29, 0.717) is 28.1 Å². The van der Waals surface area contributed by atoms with Gasteiger partial charge < -0.3 is 5.32 Å². The second-order valence-electron chi connectivity index (χ2n) is 6.72. The Bertz CT molecular complexity index is 1080. The Morgan fingerprint density at radius 2 is 1.97 bits per heavy atom. The Morgan fingerprint density at radius 3 is 2.62 bits per heavy atom. The first-order valence-corrected chi connectivity index (χ1v) is 12.5. The lowest BCUT2D eigenvalue weighted by atomic mass is 9.96. The van der Waals surface area contributed by atoms with Crippen molar-refractivity contribution in [3.8, 4) is 6.07 Å². The van der Waals surface area contributed by atoms with E-state index in [-0.39, 0.29) is 10.5 Å². The number of hydrogen-bond acceptors (Lipinski definition) is 5. The van der Waals surface area contributed by atoms with Crippen molar-refractivity contribution in [2.24, 2.45) is 0 Å². The average molecular weight is 496 g/mol. The molecule has 0 saturated carbocycles. The van der Waals surface area contributed by atoms with Gasteiger partial charge in [0.1, 0.15) is 11.1 Å². The lowest BCUT2D eigenvalue weighted by molar-refractivity contribution is 0.102. The second kappa shape index (κ2) is 8.96. The van der Waals surface area contributed by atoms with Crippen molar-refractivity contribution in [1.82, 2.24) is 4.31 Å². The highest BCUT2D eigenvalue weighted by Crippen LogP contribution is 2.38. The van der Waals surface area contributed by atoms with Crippen molar-refractivity contribution in [2.45, 2.75) is 44.4 Å². The van der Waals surface area contributed by atoms with Gasteiger partial charge >= 0.3 is 0 Å². The van der Waals surface area contributed by atoms with Gasteiger partial charge in [-0.3, -0.25) is 4.79 Å². The second-order valence-corrected chi connectivity index (χ2v) is 10.6. The maximum Gasteiger partial charge on any atom is 0.256 e. The van der Waals surface area contributed by atoms with Crippen LogP contribution < -0.4 is 5.32 Å². The zero-order valence-corrected chi connectivity index (χ0v) is 19.5. The van der Waals surface area contributed by atoms with Crippen LogP contribution in [0, 0.1) is 11.3 Å². The minimum atomic E-state index is -3.72. The van der Waals surface area contributed by atoms with Gasteiger partial charge in [0.15, 0.2) is 0 Å². The van der Waals surface area contributed by atoms with Crippen LogP contribution in [-0.2, 0) is 22.9 Å². The third-order valence-electron chi connectivity index (χ3n) is 5.03. The third kappa shape index (κ3) is 4.26. The number of anilines is 1. The van der Waals surface area contributed by atoms with Gasteiger partial charge in [0.25, 0.3) is 5.91 Å². The Balaban J connectivity index is 1.94. The van der Waals surface area contributed by atoms with Gasteiger partial charge in [0.2, 0.25) is 10.0 Å². The summed E-state index contributed by atoms with van der Waals surface area (Å²) in [4.78, 5) is 14.1. The Morgan fingerprint density at radius 1 is 1.28 bits per heavy atom. The van der Waals surface area contributed by atoms with E-state index in [0.717, 1.165) is 36.1 Å². The quantitative estimate of drug-likeness (QED) is 0.636. The Labute approximate surface area is 183 Å². The van der Waals surface area contributed by atoms with Gasteiger partial charge in [-0.2, -0.15) is 9.57 Å². The van der Waals surface area contributed by atoms with E-state index in [1.165, 1.54) is 21.7 Å². The Kier molecular flexibility index (Phi) is 6.79. The molecular weight excluding hydrogens is 474 g/mol. The largest absolute Gasteiger partial charge is 0.312 e. The summed E-state index contributed by atoms with van der Waals surface area (Å²) in [6, 6.07) is 6.74. The van der Waals surface area contributed by atoms with Crippen molar-refractivity contribution >= 4 is 48.2 Å². The zero-order valence-electron chi connectivity index (χ0n) is 16.3. The smallest absolute Gasteiger partial charge is 0.256 e. The number of rotatable bonds is 6. The number of fused-ring (bicyclic) bond motifs is 1. The molecule has 0 fully saturated rings. The van der Waals surface area contributed by atoms with Gasteiger partial charge in [-0.25, -0.2) is 8.42 Å². The molecule has 0 atom stereocenters. The molecule has 29 heavy (non-hydrogen) atoms. The predicted octanol–water partition coefficient (Wildman–Crippen LogP) is 4.54. The molecule has 1 N–H and O–H groups in total. The molecule has 9 heteroatoms. The lowest BCUT2D eigenvalue weighted by Gasteiger charge is -2.19. The van der Waals surface area contributed by atoms with Crippen molar-refractivity contribution in [3.05, 3.63) is 44.2 Å². The molecule has 1 aromatic heterocycles. The maximum atomic E-state index is 12.9. The number of carbonyl (C=O) groups excluding carboxylic acids is 1. The molecule has 0 aliphatic heterocycles. The van der Waals surface area contributed by atoms with E-state index >= 15 is 0 Å². The van der Waals surface area contributed by atoms with Crippen molar-refractivity contribution in [1.29, 1.82) is 5.26 Å². The number of amides is 1. The van der Waals surface area contributed by atoms with Crippen LogP contribution in [0.1, 0.15) is 53.1 Å². The first kappa shape index (κ1) is 22.0. The van der Waals surface area contributed by atoms with E-state index in [9.17, 15) is 18.5 Å². The molecule has 1 aliphatic carbocycles. The first-order valence-electron chi connectivity index (χ1n) is 9.49. The van der Waals surface area contributed by atoms with Crippen LogP contribution in [-0.4, -0.2) is 31.7 Å². The number of hydrogen-bond donors (Lipinski definition) is 1. The van der Waals surface area contributed by atoms with Gasteiger partial charge in [0, 0.05) is 28.0 Å². The number of nitriles is 1. The summed E-state index contributed by atoms with van der Waals surface area (Å²) in [6.45, 7) is 4.23. The number of nitrogens with zero attached hydrogens (tertiary/aromatic N) is 2. The number of sulfonamides is 1. The average Bonchev–Trinajstić information content (AvgIpc) is 3.05. The van der Waals surface area contributed by atoms with Gasteiger partial charge in [0.05, 0.1) is 10.5 Å². The van der Waals surface area contributed by atoms with E-state index in [1.54, 1.807) is 26.0 Å². The first-order chi connectivity index (χ1) is 13.8. The SMILES string of the molecule is CCN(CC)S(=O)(=O)c1cc(C(=O)Nc2sc3c(c2C#N)CCCC3)ccc1Br. The van der Waals surface area contributed by atoms with Crippen LogP contribution in [0.5, 0.6) is 0 Å². The number of carbonyl (C=O) groups is 1. The number of nitrogens with one attached hydrogen (secondary N) is 1. The van der Waals surface area contributed by atoms with E-state index in [2.05, 4.69) is 27.3 Å². The van der Waals surface area contributed by atoms with E-state index in [4.69, 9.17) is 0 Å². The minimum absolute atomic E-state index is 0.0554. The van der Waals surface area contributed by atoms with Gasteiger partial charge in [-0.15, -0.1) is 11.3 Å². The highest BCUT2D eigenvalue weighted by molar-refractivity contribution is 9.10. The number of halogens is 1. The number of thiophene rings is 1. The molecule has 1 aliphatic rings. The molecule has 0 unspecified atom stereocenters. The van der Waals surface area contributed by atoms with Crippen LogP contribution in [0.25, 0.3) is 0 Å². The molecular formula is C20H22BrN3O3S2. The maximum absolute atomic E-state index is 12.9. The fourth-order valence-electron chi connectivity index (χ4n) is 3.49. The summed E-state index contributed by atoms with van der Waals surface area (Å²) in [5, 5.41) is 12.9. The molecule has 0 spiro atoms. The monoisotopic (exact) mass is 495 g/mol. The number of aryl methyl sites for hydroxylation is 1. The highest BCUT2D eigenvalue weighted by Gasteiger charge is 2.26. The molecule has 0 radical (unpaired) electrons. The fraction of sp³-hybridized carbons (Fsp3) is 0.400. The van der Waals surface area contributed by atoms with Crippen molar-refractivity contribution < 1.29 is 13.2 Å². The minimum Gasteiger partial charge on any atom is -0.312 e. The summed E-state index contributed by atoms with van der Waals surface area (Å²) in [7, 11) is -3.72. The summed E-state index contributed by atoms with van der Waals surface area (Å²) < 4.78 is 27.6. The normalized spacial score (nSPS) is 13.8. The lowest BCUT2D eigenvalue weighted by Crippen LogP contribution is -2.31. The standard InChI is InChI=1S/C20H22BrN3O3S2/c1-3-24(4-2)29(26,27)18-11-13(9-10-16(18)21)19(25)23-20-15(12-22)14-7-5-6-8-17(14)28-20/h9-11H,3-8H2,1-2H3,(H,23,25). The molecule has 1 aromatic carbocycles.